The Hall–Kier alpha value is -1.10. The first-order valence-corrected chi connectivity index (χ1v) is 12.4. The fourth-order valence-corrected chi connectivity index (χ4v) is 6.17. The van der Waals surface area contributed by atoms with Crippen molar-refractivity contribution >= 4 is 12.2 Å². The number of hydrogen-bond donors (Lipinski definition) is 4. The lowest BCUT2D eigenvalue weighted by molar-refractivity contribution is -0.114. The van der Waals surface area contributed by atoms with Crippen LogP contribution in [-0.2, 0) is 4.79 Å². The van der Waals surface area contributed by atoms with Gasteiger partial charge >= 0.3 is 0 Å². The molecule has 0 aromatic heterocycles. The molecule has 0 heterocycles. The summed E-state index contributed by atoms with van der Waals surface area (Å²) in [6.07, 6.45) is 21.0. The minimum atomic E-state index is -0.586. The van der Waals surface area contributed by atoms with E-state index in [4.69, 9.17) is 5.41 Å². The highest BCUT2D eigenvalue weighted by Crippen LogP contribution is 2.35. The van der Waals surface area contributed by atoms with E-state index in [9.17, 15) is 4.79 Å². The molecule has 3 saturated carbocycles. The summed E-state index contributed by atoms with van der Waals surface area (Å²) in [5.41, 5.74) is -0.586. The summed E-state index contributed by atoms with van der Waals surface area (Å²) in [5, 5.41) is 18.2. The predicted octanol–water partition coefficient (Wildman–Crippen LogP) is 4.51. The van der Waals surface area contributed by atoms with E-state index < -0.39 is 5.54 Å². The van der Waals surface area contributed by atoms with Crippen molar-refractivity contribution in [3.8, 4) is 0 Å². The molecule has 5 nitrogen and oxygen atoms in total. The van der Waals surface area contributed by atoms with E-state index in [-0.39, 0.29) is 5.96 Å². The van der Waals surface area contributed by atoms with Gasteiger partial charge in [0.2, 0.25) is 0 Å². The van der Waals surface area contributed by atoms with Crippen molar-refractivity contribution in [2.45, 2.75) is 120 Å². The van der Waals surface area contributed by atoms with Crippen LogP contribution in [0.15, 0.2) is 0 Å². The quantitative estimate of drug-likeness (QED) is 0.259. The van der Waals surface area contributed by atoms with E-state index in [1.165, 1.54) is 83.5 Å². The molecule has 3 aliphatic rings. The summed E-state index contributed by atoms with van der Waals surface area (Å²) in [6.45, 7) is 0. The molecule has 5 heteroatoms. The lowest BCUT2D eigenvalue weighted by atomic mass is 9.74. The van der Waals surface area contributed by atoms with E-state index in [2.05, 4.69) is 16.0 Å². The van der Waals surface area contributed by atoms with Crippen LogP contribution < -0.4 is 16.0 Å². The first kappa shape index (κ1) is 22.6. The minimum absolute atomic E-state index is 0.275. The SMILES string of the molecule is CNC(=N)N[C@](C=O)(CCC1CCCCC1)C[C@H]1CCC[C@@H](NC2CCCC2)C1. The summed E-state index contributed by atoms with van der Waals surface area (Å²) >= 11 is 0. The van der Waals surface area contributed by atoms with Crippen molar-refractivity contribution in [2.75, 3.05) is 7.05 Å². The van der Waals surface area contributed by atoms with Crippen molar-refractivity contribution in [2.24, 2.45) is 11.8 Å². The number of aldehydes is 1. The topological polar surface area (TPSA) is 77.0 Å². The molecule has 3 rings (SSSR count). The molecule has 0 aliphatic heterocycles. The van der Waals surface area contributed by atoms with E-state index in [1.807, 2.05) is 0 Å². The molecule has 0 aromatic rings. The third-order valence-electron chi connectivity index (χ3n) is 7.84. The zero-order chi connectivity index (χ0) is 20.5. The highest BCUT2D eigenvalue weighted by molar-refractivity contribution is 5.81. The van der Waals surface area contributed by atoms with Gasteiger partial charge < -0.3 is 20.7 Å². The average molecular weight is 405 g/mol. The minimum Gasteiger partial charge on any atom is -0.360 e. The fourth-order valence-electron chi connectivity index (χ4n) is 6.17. The standard InChI is InChI=1S/C24H44N4O/c1-26-23(25)28-24(18-29,15-14-19-8-3-2-4-9-19)17-20-10-7-13-22(16-20)27-21-11-5-6-12-21/h18-22,27H,2-17H2,1H3,(H3,25,26,28)/t20-,22+,24+/m0/s1. The lowest BCUT2D eigenvalue weighted by Crippen LogP contribution is -2.55. The van der Waals surface area contributed by atoms with Crippen LogP contribution in [0.2, 0.25) is 0 Å². The van der Waals surface area contributed by atoms with Crippen LogP contribution in [0.4, 0.5) is 0 Å². The Balaban J connectivity index is 1.59. The molecule has 3 atom stereocenters. The zero-order valence-electron chi connectivity index (χ0n) is 18.6. The van der Waals surface area contributed by atoms with Gasteiger partial charge in [0.05, 0.1) is 5.54 Å². The molecule has 4 N–H and O–H groups in total. The molecule has 0 aromatic carbocycles. The second-order valence-electron chi connectivity index (χ2n) is 10.1. The second-order valence-corrected chi connectivity index (χ2v) is 10.1. The summed E-state index contributed by atoms with van der Waals surface area (Å²) in [7, 11) is 1.76. The average Bonchev–Trinajstić information content (AvgIpc) is 3.26. The maximum Gasteiger partial charge on any atom is 0.188 e. The van der Waals surface area contributed by atoms with Gasteiger partial charge in [-0.2, -0.15) is 0 Å². The van der Waals surface area contributed by atoms with Crippen molar-refractivity contribution in [3.05, 3.63) is 0 Å². The van der Waals surface area contributed by atoms with Crippen molar-refractivity contribution in [1.82, 2.24) is 16.0 Å². The van der Waals surface area contributed by atoms with Gasteiger partial charge in [-0.15, -0.1) is 0 Å². The Morgan fingerprint density at radius 1 is 0.931 bits per heavy atom. The van der Waals surface area contributed by atoms with Crippen LogP contribution in [0.5, 0.6) is 0 Å². The van der Waals surface area contributed by atoms with Gasteiger partial charge in [-0.05, 0) is 56.8 Å². The second kappa shape index (κ2) is 11.3. The van der Waals surface area contributed by atoms with Gasteiger partial charge in [0.1, 0.15) is 6.29 Å². The molecular weight excluding hydrogens is 360 g/mol. The molecule has 0 radical (unpaired) electrons. The van der Waals surface area contributed by atoms with Crippen LogP contribution >= 0.6 is 0 Å². The molecule has 3 aliphatic carbocycles. The highest BCUT2D eigenvalue weighted by Gasteiger charge is 2.36. The van der Waals surface area contributed by atoms with Gasteiger partial charge in [-0.3, -0.25) is 5.41 Å². The monoisotopic (exact) mass is 404 g/mol. The summed E-state index contributed by atoms with van der Waals surface area (Å²) in [6, 6.07) is 1.33. The van der Waals surface area contributed by atoms with Crippen molar-refractivity contribution in [1.29, 1.82) is 5.41 Å². The highest BCUT2D eigenvalue weighted by atomic mass is 16.1. The van der Waals surface area contributed by atoms with Crippen LogP contribution in [0.25, 0.3) is 0 Å². The normalized spacial score (nSPS) is 28.6. The molecule has 0 saturated heterocycles. The van der Waals surface area contributed by atoms with E-state index in [0.29, 0.717) is 12.0 Å². The van der Waals surface area contributed by atoms with Gasteiger partial charge in [0, 0.05) is 19.1 Å². The number of carbonyl (C=O) groups is 1. The maximum absolute atomic E-state index is 12.4. The lowest BCUT2D eigenvalue weighted by Gasteiger charge is -2.39. The summed E-state index contributed by atoms with van der Waals surface area (Å²) in [4.78, 5) is 12.4. The molecule has 0 unspecified atom stereocenters. The summed E-state index contributed by atoms with van der Waals surface area (Å²) in [5.74, 6) is 1.60. The number of hydrogen-bond acceptors (Lipinski definition) is 3. The Morgan fingerprint density at radius 2 is 1.59 bits per heavy atom. The van der Waals surface area contributed by atoms with E-state index in [0.717, 1.165) is 37.5 Å². The summed E-state index contributed by atoms with van der Waals surface area (Å²) < 4.78 is 0. The number of carbonyl (C=O) groups excluding carboxylic acids is 1. The smallest absolute Gasteiger partial charge is 0.188 e. The van der Waals surface area contributed by atoms with Crippen molar-refractivity contribution < 1.29 is 4.79 Å². The van der Waals surface area contributed by atoms with Crippen LogP contribution in [0.3, 0.4) is 0 Å². The Morgan fingerprint density at radius 3 is 2.28 bits per heavy atom. The number of guanidine groups is 1. The molecule has 0 spiro atoms. The molecule has 0 amide bonds. The number of rotatable bonds is 9. The van der Waals surface area contributed by atoms with Crippen LogP contribution in [0, 0.1) is 17.2 Å². The van der Waals surface area contributed by atoms with Gasteiger partial charge in [-0.25, -0.2) is 0 Å². The molecular formula is C24H44N4O. The van der Waals surface area contributed by atoms with E-state index >= 15 is 0 Å². The molecule has 0 bridgehead atoms. The third kappa shape index (κ3) is 6.97. The van der Waals surface area contributed by atoms with Crippen LogP contribution in [-0.4, -0.2) is 36.9 Å². The fraction of sp³-hybridized carbons (Fsp3) is 0.917. The zero-order valence-corrected chi connectivity index (χ0v) is 18.6. The first-order valence-electron chi connectivity index (χ1n) is 12.4. The van der Waals surface area contributed by atoms with Gasteiger partial charge in [0.25, 0.3) is 0 Å². The number of nitrogens with one attached hydrogen (secondary N) is 4. The van der Waals surface area contributed by atoms with Crippen molar-refractivity contribution in [3.63, 3.8) is 0 Å². The largest absolute Gasteiger partial charge is 0.360 e. The molecule has 166 valence electrons. The third-order valence-corrected chi connectivity index (χ3v) is 7.84. The Bertz CT molecular complexity index is 513. The maximum atomic E-state index is 12.4. The predicted molar refractivity (Wildman–Crippen MR) is 120 cm³/mol. The van der Waals surface area contributed by atoms with E-state index in [1.54, 1.807) is 7.05 Å². The Kier molecular flexibility index (Phi) is 8.83. The Labute approximate surface area is 178 Å². The van der Waals surface area contributed by atoms with Gasteiger partial charge in [0.15, 0.2) is 5.96 Å². The van der Waals surface area contributed by atoms with Gasteiger partial charge in [-0.1, -0.05) is 57.8 Å². The molecule has 29 heavy (non-hydrogen) atoms. The first-order chi connectivity index (χ1) is 14.1. The van der Waals surface area contributed by atoms with Crippen LogP contribution in [0.1, 0.15) is 103 Å². The molecule has 3 fully saturated rings.